The quantitative estimate of drug-likeness (QED) is 0.451. The number of aliphatic hydroxyl groups is 2. The summed E-state index contributed by atoms with van der Waals surface area (Å²) in [6.07, 6.45) is -1.12. The van der Waals surface area contributed by atoms with E-state index in [1.54, 1.807) is 27.7 Å². The smallest absolute Gasteiger partial charge is 0.405 e. The number of rotatable bonds is 3. The lowest BCUT2D eigenvalue weighted by Gasteiger charge is -2.20. The van der Waals surface area contributed by atoms with Gasteiger partial charge < -0.3 is 26.4 Å². The van der Waals surface area contributed by atoms with Crippen molar-refractivity contribution in [3.8, 4) is 0 Å². The van der Waals surface area contributed by atoms with Crippen LogP contribution in [0.25, 0.3) is 0 Å². The average Bonchev–Trinajstić information content (AvgIpc) is 2.02. The maximum absolute atomic E-state index is 9.95. The zero-order chi connectivity index (χ0) is 12.7. The molecule has 6 N–H and O–H groups in total. The Balaban J connectivity index is 0. The van der Waals surface area contributed by atoms with Crippen LogP contribution in [-0.4, -0.2) is 45.7 Å². The van der Waals surface area contributed by atoms with Crippen molar-refractivity contribution in [2.75, 3.05) is 13.2 Å². The Labute approximate surface area is 90.1 Å². The molecule has 0 saturated carbocycles. The minimum Gasteiger partial charge on any atom is -0.465 e. The first-order valence-corrected chi connectivity index (χ1v) is 4.56. The summed E-state index contributed by atoms with van der Waals surface area (Å²) in [7, 11) is 0. The summed E-state index contributed by atoms with van der Waals surface area (Å²) in [5.41, 5.74) is 4.15. The van der Waals surface area contributed by atoms with E-state index in [0.717, 1.165) is 0 Å². The molecule has 0 aromatic carbocycles. The Morgan fingerprint density at radius 1 is 1.20 bits per heavy atom. The van der Waals surface area contributed by atoms with Crippen LogP contribution in [0.1, 0.15) is 27.7 Å². The van der Waals surface area contributed by atoms with E-state index in [1.165, 1.54) is 0 Å². The monoisotopic (exact) mass is 222 g/mol. The summed E-state index contributed by atoms with van der Waals surface area (Å²) < 4.78 is 0. The first-order valence-electron chi connectivity index (χ1n) is 4.56. The first kappa shape index (κ1) is 16.6. The second-order valence-electron chi connectivity index (χ2n) is 4.62. The highest BCUT2D eigenvalue weighted by Gasteiger charge is 2.17. The van der Waals surface area contributed by atoms with Crippen molar-refractivity contribution in [2.45, 2.75) is 38.8 Å². The number of hydrogen-bond acceptors (Lipinski definition) is 4. The van der Waals surface area contributed by atoms with Gasteiger partial charge in [-0.05, 0) is 27.7 Å². The molecule has 0 heterocycles. The van der Waals surface area contributed by atoms with Crippen molar-refractivity contribution in [3.05, 3.63) is 0 Å². The minimum absolute atomic E-state index is 0.0486. The van der Waals surface area contributed by atoms with E-state index in [9.17, 15) is 4.79 Å². The van der Waals surface area contributed by atoms with E-state index in [2.05, 4.69) is 5.32 Å². The van der Waals surface area contributed by atoms with Crippen molar-refractivity contribution in [1.29, 1.82) is 0 Å². The third-order valence-corrected chi connectivity index (χ3v) is 1.25. The number of carboxylic acid groups (broad SMARTS) is 1. The Morgan fingerprint density at radius 3 is 1.60 bits per heavy atom. The molecule has 0 rings (SSSR count). The second-order valence-corrected chi connectivity index (χ2v) is 4.62. The predicted molar refractivity (Wildman–Crippen MR) is 57.7 cm³/mol. The van der Waals surface area contributed by atoms with Gasteiger partial charge in [0.25, 0.3) is 0 Å². The zero-order valence-corrected chi connectivity index (χ0v) is 9.74. The molecule has 15 heavy (non-hydrogen) atoms. The molecule has 0 aromatic rings. The molecule has 0 saturated heterocycles. The van der Waals surface area contributed by atoms with Crippen LogP contribution >= 0.6 is 0 Å². The van der Waals surface area contributed by atoms with Gasteiger partial charge in [0.15, 0.2) is 0 Å². The van der Waals surface area contributed by atoms with Crippen LogP contribution in [0.2, 0.25) is 0 Å². The van der Waals surface area contributed by atoms with Crippen LogP contribution < -0.4 is 11.1 Å². The number of aliphatic hydroxyl groups excluding tert-OH is 2. The van der Waals surface area contributed by atoms with Crippen molar-refractivity contribution in [1.82, 2.24) is 5.32 Å². The van der Waals surface area contributed by atoms with Gasteiger partial charge in [0, 0.05) is 5.54 Å². The molecule has 6 heteroatoms. The van der Waals surface area contributed by atoms with Crippen molar-refractivity contribution in [2.24, 2.45) is 5.73 Å². The van der Waals surface area contributed by atoms with Crippen LogP contribution in [0.4, 0.5) is 4.79 Å². The summed E-state index contributed by atoms with van der Waals surface area (Å²) in [4.78, 5) is 9.95. The number of amides is 1. The van der Waals surface area contributed by atoms with E-state index >= 15 is 0 Å². The zero-order valence-electron chi connectivity index (χ0n) is 9.74. The van der Waals surface area contributed by atoms with Crippen molar-refractivity contribution < 1.29 is 20.1 Å². The molecule has 0 aliphatic heterocycles. The van der Waals surface area contributed by atoms with Gasteiger partial charge in [0.1, 0.15) is 0 Å². The third-order valence-electron chi connectivity index (χ3n) is 1.25. The molecule has 6 nitrogen and oxygen atoms in total. The molecule has 0 fully saturated rings. The third kappa shape index (κ3) is 15.9. The molecular weight excluding hydrogens is 200 g/mol. The normalized spacial score (nSPS) is 11.4. The lowest BCUT2D eigenvalue weighted by Crippen LogP contribution is -2.45. The van der Waals surface area contributed by atoms with E-state index < -0.39 is 17.2 Å². The SMILES string of the molecule is CC(C)(CO)NC(=O)O.CC(C)(N)CO. The molecule has 0 radical (unpaired) electrons. The van der Waals surface area contributed by atoms with Crippen LogP contribution in [-0.2, 0) is 0 Å². The van der Waals surface area contributed by atoms with Gasteiger partial charge in [-0.25, -0.2) is 4.79 Å². The summed E-state index contributed by atoms with van der Waals surface area (Å²) in [6, 6.07) is 0. The van der Waals surface area contributed by atoms with Crippen molar-refractivity contribution in [3.63, 3.8) is 0 Å². The summed E-state index contributed by atoms with van der Waals surface area (Å²) in [5, 5.41) is 27.1. The Bertz CT molecular complexity index is 187. The molecule has 0 aliphatic rings. The number of nitrogens with two attached hydrogens (primary N) is 1. The minimum atomic E-state index is -1.12. The summed E-state index contributed by atoms with van der Waals surface area (Å²) >= 11 is 0. The van der Waals surface area contributed by atoms with E-state index in [-0.39, 0.29) is 13.2 Å². The fourth-order valence-electron chi connectivity index (χ4n) is 0.329. The predicted octanol–water partition coefficient (Wildman–Crippen LogP) is -0.259. The topological polar surface area (TPSA) is 116 Å². The van der Waals surface area contributed by atoms with Crippen LogP contribution in [0.5, 0.6) is 0 Å². The number of nitrogens with one attached hydrogen (secondary N) is 1. The van der Waals surface area contributed by atoms with E-state index in [0.29, 0.717) is 0 Å². The van der Waals surface area contributed by atoms with E-state index in [4.69, 9.17) is 21.1 Å². The molecule has 0 unspecified atom stereocenters. The highest BCUT2D eigenvalue weighted by atomic mass is 16.4. The van der Waals surface area contributed by atoms with Crippen LogP contribution in [0, 0.1) is 0 Å². The molecule has 0 atom stereocenters. The average molecular weight is 222 g/mol. The summed E-state index contributed by atoms with van der Waals surface area (Å²) in [6.45, 7) is 6.59. The maximum Gasteiger partial charge on any atom is 0.405 e. The highest BCUT2D eigenvalue weighted by molar-refractivity contribution is 5.65. The molecule has 0 bridgehead atoms. The molecule has 92 valence electrons. The van der Waals surface area contributed by atoms with Crippen molar-refractivity contribution >= 4 is 6.09 Å². The standard InChI is InChI=1S/C5H11NO3.C4H11NO/c1-5(2,3-7)6-4(8)9;1-4(2,5)3-6/h6-7H,3H2,1-2H3,(H,8,9);6H,3,5H2,1-2H3. The van der Waals surface area contributed by atoms with Gasteiger partial charge in [0.2, 0.25) is 0 Å². The van der Waals surface area contributed by atoms with Gasteiger partial charge in [-0.2, -0.15) is 0 Å². The molecule has 0 aromatic heterocycles. The van der Waals surface area contributed by atoms with E-state index in [1.807, 2.05) is 0 Å². The number of carbonyl (C=O) groups is 1. The molecular formula is C9H22N2O4. The largest absolute Gasteiger partial charge is 0.465 e. The Kier molecular flexibility index (Phi) is 7.29. The van der Waals surface area contributed by atoms with Gasteiger partial charge in [-0.3, -0.25) is 0 Å². The fourth-order valence-corrected chi connectivity index (χ4v) is 0.329. The molecule has 0 aliphatic carbocycles. The Morgan fingerprint density at radius 2 is 1.53 bits per heavy atom. The second kappa shape index (κ2) is 6.60. The van der Waals surface area contributed by atoms with Crippen LogP contribution in [0.15, 0.2) is 0 Å². The van der Waals surface area contributed by atoms with Gasteiger partial charge in [-0.15, -0.1) is 0 Å². The van der Waals surface area contributed by atoms with Gasteiger partial charge in [-0.1, -0.05) is 0 Å². The fraction of sp³-hybridized carbons (Fsp3) is 0.889. The molecule has 1 amide bonds. The van der Waals surface area contributed by atoms with Gasteiger partial charge in [0.05, 0.1) is 18.8 Å². The van der Waals surface area contributed by atoms with Crippen LogP contribution in [0.3, 0.4) is 0 Å². The Hall–Kier alpha value is -0.850. The maximum atomic E-state index is 9.95. The molecule has 0 spiro atoms. The lowest BCUT2D eigenvalue weighted by molar-refractivity contribution is 0.154. The lowest BCUT2D eigenvalue weighted by atomic mass is 10.1. The highest BCUT2D eigenvalue weighted by Crippen LogP contribution is 1.97. The summed E-state index contributed by atoms with van der Waals surface area (Å²) in [5.74, 6) is 0. The first-order chi connectivity index (χ1) is 6.54. The number of hydrogen-bond donors (Lipinski definition) is 5. The van der Waals surface area contributed by atoms with Gasteiger partial charge >= 0.3 is 6.09 Å².